The molecule has 1 aromatic heterocycles. The van der Waals surface area contributed by atoms with Gasteiger partial charge in [0.1, 0.15) is 5.82 Å². The van der Waals surface area contributed by atoms with Gasteiger partial charge in [0.15, 0.2) is 0 Å². The van der Waals surface area contributed by atoms with E-state index in [2.05, 4.69) is 10.1 Å². The van der Waals surface area contributed by atoms with Crippen LogP contribution in [0.4, 0.5) is 4.39 Å². The smallest absolute Gasteiger partial charge is 0.317 e. The summed E-state index contributed by atoms with van der Waals surface area (Å²) in [5.74, 6) is -0.600. The fourth-order valence-corrected chi connectivity index (χ4v) is 4.02. The van der Waals surface area contributed by atoms with E-state index in [9.17, 15) is 9.18 Å². The molecule has 0 amide bonds. The fourth-order valence-electron chi connectivity index (χ4n) is 3.79. The van der Waals surface area contributed by atoms with Gasteiger partial charge in [0.25, 0.3) is 5.89 Å². The van der Waals surface area contributed by atoms with Crippen molar-refractivity contribution in [3.05, 3.63) is 82.6 Å². The molecule has 180 valence electrons. The number of hydrogen-bond acceptors (Lipinski definition) is 6. The second-order valence-electron chi connectivity index (χ2n) is 8.09. The number of halogens is 2. The van der Waals surface area contributed by atoms with Gasteiger partial charge in [-0.1, -0.05) is 59.2 Å². The molecule has 0 aliphatic rings. The lowest BCUT2D eigenvalue weighted by atomic mass is 9.97. The average molecular weight is 496 g/mol. The van der Waals surface area contributed by atoms with Gasteiger partial charge in [0.2, 0.25) is 5.82 Å². The third-order valence-electron chi connectivity index (χ3n) is 5.39. The molecular weight excluding hydrogens is 473 g/mol. The lowest BCUT2D eigenvalue weighted by Crippen LogP contribution is -2.25. The Kier molecular flexibility index (Phi) is 7.55. The van der Waals surface area contributed by atoms with Crippen molar-refractivity contribution in [1.82, 2.24) is 15.0 Å². The van der Waals surface area contributed by atoms with Crippen molar-refractivity contribution in [2.24, 2.45) is 0 Å². The lowest BCUT2D eigenvalue weighted by molar-refractivity contribution is -0.138. The molecule has 1 N–H and O–H groups in total. The number of methoxy groups -OCH3 is 1. The summed E-state index contributed by atoms with van der Waals surface area (Å²) in [4.78, 5) is 17.1. The van der Waals surface area contributed by atoms with Crippen molar-refractivity contribution in [2.45, 2.75) is 13.2 Å². The van der Waals surface area contributed by atoms with Crippen molar-refractivity contribution < 1.29 is 23.6 Å². The number of rotatable bonds is 9. The summed E-state index contributed by atoms with van der Waals surface area (Å²) in [6, 6.07) is 17.7. The average Bonchev–Trinajstić information content (AvgIpc) is 3.32. The van der Waals surface area contributed by atoms with Crippen LogP contribution in [0.1, 0.15) is 11.1 Å². The highest BCUT2D eigenvalue weighted by molar-refractivity contribution is 6.33. The Hall–Kier alpha value is -3.59. The number of nitrogens with zero attached hydrogens (tertiary/aromatic N) is 3. The number of ether oxygens (including phenoxy) is 1. The van der Waals surface area contributed by atoms with Gasteiger partial charge in [0, 0.05) is 30.3 Å². The number of carboxylic acids is 1. The molecule has 4 aromatic rings. The largest absolute Gasteiger partial charge is 0.480 e. The molecule has 0 bridgehead atoms. The first-order valence-electron chi connectivity index (χ1n) is 10.8. The highest BCUT2D eigenvalue weighted by atomic mass is 35.5. The lowest BCUT2D eigenvalue weighted by Gasteiger charge is -2.13. The molecular formula is C26H23ClFN3O4. The zero-order valence-electron chi connectivity index (χ0n) is 19.2. The Morgan fingerprint density at radius 2 is 1.86 bits per heavy atom. The molecule has 0 fully saturated rings. The van der Waals surface area contributed by atoms with Gasteiger partial charge >= 0.3 is 5.97 Å². The molecule has 0 radical (unpaired) electrons. The van der Waals surface area contributed by atoms with Crippen LogP contribution in [0.25, 0.3) is 34.0 Å². The van der Waals surface area contributed by atoms with Gasteiger partial charge in [-0.2, -0.15) is 4.98 Å². The summed E-state index contributed by atoms with van der Waals surface area (Å²) in [5, 5.41) is 13.0. The molecule has 7 nitrogen and oxygen atoms in total. The second-order valence-corrected chi connectivity index (χ2v) is 8.47. The van der Waals surface area contributed by atoms with Gasteiger partial charge in [-0.25, -0.2) is 4.39 Å². The Morgan fingerprint density at radius 3 is 2.57 bits per heavy atom. The summed E-state index contributed by atoms with van der Waals surface area (Å²) < 4.78 is 24.9. The number of carbonyl (C=O) groups is 1. The van der Waals surface area contributed by atoms with Crippen LogP contribution >= 0.6 is 11.6 Å². The van der Waals surface area contributed by atoms with Gasteiger partial charge in [-0.05, 0) is 41.9 Å². The van der Waals surface area contributed by atoms with Crippen LogP contribution in [-0.4, -0.2) is 46.8 Å². The minimum atomic E-state index is -0.871. The van der Waals surface area contributed by atoms with Crippen LogP contribution in [0.3, 0.4) is 0 Å². The van der Waals surface area contributed by atoms with Crippen LogP contribution in [0.15, 0.2) is 65.2 Å². The maximum absolute atomic E-state index is 14.0. The van der Waals surface area contributed by atoms with Crippen LogP contribution in [0.5, 0.6) is 0 Å². The highest BCUT2D eigenvalue weighted by Gasteiger charge is 2.16. The molecule has 0 unspecified atom stereocenters. The topological polar surface area (TPSA) is 88.7 Å². The molecule has 3 aromatic carbocycles. The minimum absolute atomic E-state index is 0.0365. The van der Waals surface area contributed by atoms with Crippen molar-refractivity contribution in [3.63, 3.8) is 0 Å². The van der Waals surface area contributed by atoms with Crippen molar-refractivity contribution in [3.8, 4) is 34.0 Å². The van der Waals surface area contributed by atoms with Gasteiger partial charge in [-0.3, -0.25) is 9.69 Å². The predicted octanol–water partition coefficient (Wildman–Crippen LogP) is 5.53. The molecule has 9 heteroatoms. The highest BCUT2D eigenvalue weighted by Crippen LogP contribution is 2.35. The van der Waals surface area contributed by atoms with E-state index >= 15 is 0 Å². The van der Waals surface area contributed by atoms with E-state index < -0.39 is 11.8 Å². The summed E-state index contributed by atoms with van der Waals surface area (Å²) in [7, 11) is 3.33. The molecule has 0 atom stereocenters. The SMILES string of the molecule is COCc1cc(-c2nc(-c3ccc(CN(C)CC(=O)O)cc3)no2)ccc1-c1cccc(F)c1Cl. The normalized spacial score (nSPS) is 11.2. The molecule has 0 saturated carbocycles. The summed E-state index contributed by atoms with van der Waals surface area (Å²) in [6.07, 6.45) is 0. The zero-order chi connectivity index (χ0) is 24.9. The third kappa shape index (κ3) is 5.74. The molecule has 0 spiro atoms. The maximum atomic E-state index is 14.0. The summed E-state index contributed by atoms with van der Waals surface area (Å²) in [5.41, 5.74) is 4.56. The molecule has 4 rings (SSSR count). The number of aliphatic carboxylic acids is 1. The minimum Gasteiger partial charge on any atom is -0.480 e. The van der Waals surface area contributed by atoms with E-state index in [1.807, 2.05) is 42.5 Å². The van der Waals surface area contributed by atoms with Gasteiger partial charge in [-0.15, -0.1) is 0 Å². The van der Waals surface area contributed by atoms with Gasteiger partial charge in [0.05, 0.1) is 18.2 Å². The van der Waals surface area contributed by atoms with E-state index in [1.54, 1.807) is 31.2 Å². The first-order valence-corrected chi connectivity index (χ1v) is 11.1. The van der Waals surface area contributed by atoms with Crippen LogP contribution in [0.2, 0.25) is 5.02 Å². The van der Waals surface area contributed by atoms with Crippen molar-refractivity contribution in [2.75, 3.05) is 20.7 Å². The zero-order valence-corrected chi connectivity index (χ0v) is 19.9. The first-order chi connectivity index (χ1) is 16.9. The second kappa shape index (κ2) is 10.8. The number of aromatic nitrogens is 2. The standard InChI is InChI=1S/C26H23ClFN3O4/c1-31(14-23(32)33)13-16-6-8-17(9-7-16)25-29-26(35-30-25)18-10-11-20(19(12-18)15-34-2)21-4-3-5-22(28)24(21)27/h3-12H,13-15H2,1-2H3,(H,32,33). The number of likely N-dealkylation sites (N-methyl/N-ethyl adjacent to an activating group) is 1. The predicted molar refractivity (Wildman–Crippen MR) is 130 cm³/mol. The molecule has 0 aliphatic carbocycles. The molecule has 0 aliphatic heterocycles. The van der Waals surface area contributed by atoms with Crippen LogP contribution in [0, 0.1) is 5.82 Å². The fraction of sp³-hybridized carbons (Fsp3) is 0.192. The van der Waals surface area contributed by atoms with E-state index in [0.29, 0.717) is 29.4 Å². The molecule has 35 heavy (non-hydrogen) atoms. The summed E-state index contributed by atoms with van der Waals surface area (Å²) in [6.45, 7) is 0.758. The van der Waals surface area contributed by atoms with Crippen molar-refractivity contribution in [1.29, 1.82) is 0 Å². The Labute approximate surface area is 206 Å². The Morgan fingerprint density at radius 1 is 1.11 bits per heavy atom. The number of hydrogen-bond donors (Lipinski definition) is 1. The van der Waals surface area contributed by atoms with Gasteiger partial charge < -0.3 is 14.4 Å². The quantitative estimate of drug-likeness (QED) is 0.327. The van der Waals surface area contributed by atoms with E-state index in [1.165, 1.54) is 6.07 Å². The van der Waals surface area contributed by atoms with E-state index in [-0.39, 0.29) is 18.2 Å². The third-order valence-corrected chi connectivity index (χ3v) is 5.77. The van der Waals surface area contributed by atoms with Crippen LogP contribution in [-0.2, 0) is 22.7 Å². The molecule has 1 heterocycles. The number of benzene rings is 3. The Bertz CT molecular complexity index is 1340. The van der Waals surface area contributed by atoms with Crippen molar-refractivity contribution >= 4 is 17.6 Å². The summed E-state index contributed by atoms with van der Waals surface area (Å²) >= 11 is 6.20. The monoisotopic (exact) mass is 495 g/mol. The number of carboxylic acid groups (broad SMARTS) is 1. The maximum Gasteiger partial charge on any atom is 0.317 e. The first kappa shape index (κ1) is 24.5. The van der Waals surface area contributed by atoms with E-state index in [0.717, 1.165) is 22.3 Å². The molecule has 0 saturated heterocycles. The Balaban J connectivity index is 1.58. The van der Waals surface area contributed by atoms with E-state index in [4.69, 9.17) is 26.0 Å². The van der Waals surface area contributed by atoms with Crippen LogP contribution < -0.4 is 0 Å².